The molecule has 0 aromatic heterocycles. The summed E-state index contributed by atoms with van der Waals surface area (Å²) in [5.74, 6) is 0. The zero-order valence-electron chi connectivity index (χ0n) is 30.6. The molecule has 0 rings (SSSR count). The number of ether oxygens (including phenoxy) is 9. The van der Waals surface area contributed by atoms with Gasteiger partial charge in [-0.15, -0.1) is 0 Å². The molecule has 0 saturated heterocycles. The van der Waals surface area contributed by atoms with Gasteiger partial charge in [0.25, 0.3) is 0 Å². The van der Waals surface area contributed by atoms with Crippen LogP contribution in [0.4, 0.5) is 0 Å². The van der Waals surface area contributed by atoms with E-state index in [1.807, 2.05) is 0 Å². The van der Waals surface area contributed by atoms with Gasteiger partial charge >= 0.3 is 0 Å². The molecule has 0 aromatic carbocycles. The second-order valence-electron chi connectivity index (χ2n) is 12.4. The van der Waals surface area contributed by atoms with E-state index < -0.39 is 100 Å². The Balaban J connectivity index is 5.96. The Bertz CT molecular complexity index is 762. The zero-order chi connectivity index (χ0) is 39.9. The molecule has 9 unspecified atom stereocenters. The smallest absolute Gasteiger partial charge is 0.114 e. The summed E-state index contributed by atoms with van der Waals surface area (Å²) >= 11 is 0. The monoisotopic (exact) mass is 786 g/mol. The van der Waals surface area contributed by atoms with Crippen molar-refractivity contribution in [2.75, 3.05) is 132 Å². The van der Waals surface area contributed by atoms with Gasteiger partial charge in [0.2, 0.25) is 0 Å². The minimum absolute atomic E-state index is 0.116. The fourth-order valence-corrected chi connectivity index (χ4v) is 3.95. The molecule has 21 heteroatoms. The van der Waals surface area contributed by atoms with E-state index >= 15 is 0 Å². The maximum atomic E-state index is 9.84. The lowest BCUT2D eigenvalue weighted by Crippen LogP contribution is -2.47. The Kier molecular flexibility index (Phi) is 32.8. The van der Waals surface area contributed by atoms with Crippen LogP contribution in [0.2, 0.25) is 0 Å². The van der Waals surface area contributed by atoms with Crippen molar-refractivity contribution in [2.24, 2.45) is 0 Å². The van der Waals surface area contributed by atoms with E-state index in [1.165, 1.54) is 0 Å². The molecule has 0 amide bonds. The average molecular weight is 787 g/mol. The fourth-order valence-electron chi connectivity index (χ4n) is 3.95. The maximum absolute atomic E-state index is 9.84. The molecule has 0 bridgehead atoms. The molecule has 0 aliphatic heterocycles. The van der Waals surface area contributed by atoms with Crippen molar-refractivity contribution < 1.29 is 104 Å². The minimum atomic E-state index is -1.23. The fraction of sp³-hybridized carbons (Fsp3) is 1.00. The number of hydrogen-bond donors (Lipinski definition) is 12. The normalized spacial score (nSPS) is 18.5. The van der Waals surface area contributed by atoms with E-state index in [-0.39, 0.29) is 98.9 Å². The lowest BCUT2D eigenvalue weighted by Gasteiger charge is -2.35. The van der Waals surface area contributed by atoms with Crippen LogP contribution in [0.1, 0.15) is 13.3 Å². The Morgan fingerprint density at radius 2 is 0.623 bits per heavy atom. The van der Waals surface area contributed by atoms with Crippen molar-refractivity contribution in [1.82, 2.24) is 0 Å². The second-order valence-corrected chi connectivity index (χ2v) is 12.4. The summed E-state index contributed by atoms with van der Waals surface area (Å²) in [4.78, 5) is 0. The summed E-state index contributed by atoms with van der Waals surface area (Å²) in [6.07, 6.45) is -9.17. The predicted molar refractivity (Wildman–Crippen MR) is 181 cm³/mol. The van der Waals surface area contributed by atoms with E-state index in [1.54, 1.807) is 6.92 Å². The third kappa shape index (κ3) is 27.4. The summed E-state index contributed by atoms with van der Waals surface area (Å²) in [5.41, 5.74) is -1.23. The van der Waals surface area contributed by atoms with Gasteiger partial charge < -0.3 is 104 Å². The molecule has 0 aromatic rings. The molecular formula is C32H66O21. The first kappa shape index (κ1) is 52.2. The lowest BCUT2D eigenvalue weighted by atomic mass is 10.0. The van der Waals surface area contributed by atoms with Crippen molar-refractivity contribution in [2.45, 2.75) is 73.9 Å². The highest BCUT2D eigenvalue weighted by molar-refractivity contribution is 4.81. The van der Waals surface area contributed by atoms with Crippen LogP contribution in [-0.4, -0.2) is 254 Å². The molecule has 0 aliphatic carbocycles. The van der Waals surface area contributed by atoms with Gasteiger partial charge in [-0.3, -0.25) is 0 Å². The third-order valence-electron chi connectivity index (χ3n) is 7.24. The number of aliphatic hydroxyl groups excluding tert-OH is 12. The standard InChI is InChI=1S/C32H66O21/c1-2-32(53-20-31(52-14-28(44)8-38)17-47-11-25(41)5-35,21-48-18-29(50-12-26(42)6-36)15-45-9-23(39)3-33)22-49-19-30(51-13-27(43)7-37)16-46-10-24(40)4-34/h23-31,33-44H,2-22H2,1H3. The molecule has 320 valence electrons. The molecule has 21 nitrogen and oxygen atoms in total. The van der Waals surface area contributed by atoms with Gasteiger partial charge in [0.15, 0.2) is 0 Å². The summed E-state index contributed by atoms with van der Waals surface area (Å²) in [5, 5.41) is 113. The van der Waals surface area contributed by atoms with E-state index in [0.717, 1.165) is 0 Å². The van der Waals surface area contributed by atoms with Crippen LogP contribution >= 0.6 is 0 Å². The van der Waals surface area contributed by atoms with Crippen LogP contribution in [-0.2, 0) is 42.6 Å². The van der Waals surface area contributed by atoms with Crippen molar-refractivity contribution in [1.29, 1.82) is 0 Å². The topological polar surface area (TPSA) is 326 Å². The van der Waals surface area contributed by atoms with Crippen molar-refractivity contribution in [3.05, 3.63) is 0 Å². The van der Waals surface area contributed by atoms with Gasteiger partial charge in [-0.25, -0.2) is 0 Å². The molecule has 0 saturated carbocycles. The first-order valence-electron chi connectivity index (χ1n) is 17.5. The highest BCUT2D eigenvalue weighted by atomic mass is 16.6. The van der Waals surface area contributed by atoms with Gasteiger partial charge in [0.1, 0.15) is 60.5 Å². The number of aliphatic hydroxyl groups is 12. The first-order chi connectivity index (χ1) is 25.4. The van der Waals surface area contributed by atoms with Gasteiger partial charge in [-0.1, -0.05) is 6.92 Å². The molecular weight excluding hydrogens is 720 g/mol. The summed E-state index contributed by atoms with van der Waals surface area (Å²) in [6, 6.07) is 0. The molecule has 53 heavy (non-hydrogen) atoms. The van der Waals surface area contributed by atoms with Crippen molar-refractivity contribution in [3.63, 3.8) is 0 Å². The van der Waals surface area contributed by atoms with E-state index in [0.29, 0.717) is 0 Å². The molecule has 0 aliphatic rings. The number of hydrogen-bond acceptors (Lipinski definition) is 21. The summed E-state index contributed by atoms with van der Waals surface area (Å²) < 4.78 is 51.5. The molecule has 0 spiro atoms. The highest BCUT2D eigenvalue weighted by Gasteiger charge is 2.33. The average Bonchev–Trinajstić information content (AvgIpc) is 3.17. The maximum Gasteiger partial charge on any atom is 0.114 e. The largest absolute Gasteiger partial charge is 0.394 e. The van der Waals surface area contributed by atoms with Gasteiger partial charge in [-0.2, -0.15) is 0 Å². The second kappa shape index (κ2) is 33.3. The van der Waals surface area contributed by atoms with Gasteiger partial charge in [-0.05, 0) is 6.42 Å². The molecule has 0 fully saturated rings. The highest BCUT2D eigenvalue weighted by Crippen LogP contribution is 2.20. The van der Waals surface area contributed by atoms with Crippen LogP contribution in [0.3, 0.4) is 0 Å². The van der Waals surface area contributed by atoms with Crippen LogP contribution in [0.25, 0.3) is 0 Å². The minimum Gasteiger partial charge on any atom is -0.394 e. The predicted octanol–water partition coefficient (Wildman–Crippen LogP) is -6.49. The lowest BCUT2D eigenvalue weighted by molar-refractivity contribution is -0.184. The van der Waals surface area contributed by atoms with E-state index in [9.17, 15) is 46.0 Å². The van der Waals surface area contributed by atoms with E-state index in [2.05, 4.69) is 0 Å². The third-order valence-corrected chi connectivity index (χ3v) is 7.24. The van der Waals surface area contributed by atoms with Crippen molar-refractivity contribution >= 4 is 0 Å². The Hall–Kier alpha value is -0.840. The first-order valence-corrected chi connectivity index (χ1v) is 17.5. The SMILES string of the molecule is CCC(COCC(COCC(O)CO)OCC(O)CO)(COCC(COCC(O)CO)OCC(O)CO)OCC(COCC(O)CO)OCC(O)CO. The molecule has 0 radical (unpaired) electrons. The van der Waals surface area contributed by atoms with Gasteiger partial charge in [0.05, 0.1) is 132 Å². The summed E-state index contributed by atoms with van der Waals surface area (Å²) in [6.45, 7) is -4.03. The Morgan fingerprint density at radius 3 is 0.906 bits per heavy atom. The quantitative estimate of drug-likeness (QED) is 0.0276. The van der Waals surface area contributed by atoms with Crippen LogP contribution in [0.15, 0.2) is 0 Å². The Morgan fingerprint density at radius 1 is 0.358 bits per heavy atom. The number of rotatable bonds is 39. The molecule has 12 N–H and O–H groups in total. The van der Waals surface area contributed by atoms with Crippen LogP contribution < -0.4 is 0 Å². The van der Waals surface area contributed by atoms with E-state index in [4.69, 9.17) is 58.0 Å². The van der Waals surface area contributed by atoms with Crippen LogP contribution in [0.5, 0.6) is 0 Å². The molecule has 0 heterocycles. The van der Waals surface area contributed by atoms with Crippen molar-refractivity contribution in [3.8, 4) is 0 Å². The van der Waals surface area contributed by atoms with Gasteiger partial charge in [0, 0.05) is 0 Å². The summed E-state index contributed by atoms with van der Waals surface area (Å²) in [7, 11) is 0. The molecule has 9 atom stereocenters. The van der Waals surface area contributed by atoms with Crippen LogP contribution in [0, 0.1) is 0 Å². The zero-order valence-corrected chi connectivity index (χ0v) is 30.6. The Labute approximate surface area is 310 Å².